The lowest BCUT2D eigenvalue weighted by Gasteiger charge is -2.02. The molecule has 3 aromatic carbocycles. The average molecular weight is 401 g/mol. The molecule has 0 radical (unpaired) electrons. The van der Waals surface area contributed by atoms with Crippen LogP contribution in [0.5, 0.6) is 0 Å². The highest BCUT2D eigenvalue weighted by Crippen LogP contribution is 2.39. The summed E-state index contributed by atoms with van der Waals surface area (Å²) in [5.74, 6) is -0.443. The van der Waals surface area contributed by atoms with E-state index in [2.05, 4.69) is 10.3 Å². The molecule has 0 bridgehead atoms. The monoisotopic (exact) mass is 401 g/mol. The Hall–Kier alpha value is -3.84. The number of anilines is 1. The van der Waals surface area contributed by atoms with Crippen molar-refractivity contribution in [1.82, 2.24) is 4.98 Å². The largest absolute Gasteiger partial charge is 0.298 e. The van der Waals surface area contributed by atoms with Crippen LogP contribution in [0.1, 0.15) is 10.4 Å². The molecule has 0 saturated heterocycles. The Morgan fingerprint density at radius 1 is 0.897 bits per heavy atom. The summed E-state index contributed by atoms with van der Waals surface area (Å²) < 4.78 is 0. The van der Waals surface area contributed by atoms with Gasteiger partial charge in [0.2, 0.25) is 0 Å². The van der Waals surface area contributed by atoms with Crippen molar-refractivity contribution in [1.29, 1.82) is 0 Å². The van der Waals surface area contributed by atoms with E-state index >= 15 is 0 Å². The fourth-order valence-electron chi connectivity index (χ4n) is 2.88. The van der Waals surface area contributed by atoms with Gasteiger partial charge in [0.1, 0.15) is 0 Å². The van der Waals surface area contributed by atoms with Crippen LogP contribution >= 0.6 is 11.3 Å². The topological polar surface area (TPSA) is 85.1 Å². The summed E-state index contributed by atoms with van der Waals surface area (Å²) in [6.07, 6.45) is 0. The molecule has 0 atom stereocenters. The van der Waals surface area contributed by atoms with E-state index in [4.69, 9.17) is 0 Å². The summed E-state index contributed by atoms with van der Waals surface area (Å²) in [6, 6.07) is 25.2. The predicted octanol–water partition coefficient (Wildman–Crippen LogP) is 5.64. The number of nitrogens with one attached hydrogen (secondary N) is 1. The molecule has 6 nitrogen and oxygen atoms in total. The number of hydrogen-bond donors (Lipinski definition) is 1. The first-order valence-electron chi connectivity index (χ1n) is 8.79. The van der Waals surface area contributed by atoms with Gasteiger partial charge in [0.15, 0.2) is 5.13 Å². The van der Waals surface area contributed by atoms with E-state index in [0.29, 0.717) is 5.13 Å². The number of carbonyl (C=O) groups is 1. The van der Waals surface area contributed by atoms with Crippen molar-refractivity contribution >= 4 is 28.1 Å². The molecule has 0 fully saturated rings. The number of benzene rings is 3. The predicted molar refractivity (Wildman–Crippen MR) is 114 cm³/mol. The van der Waals surface area contributed by atoms with E-state index < -0.39 is 10.8 Å². The molecular formula is C22H15N3O3S. The third kappa shape index (κ3) is 4.04. The molecule has 7 heteroatoms. The van der Waals surface area contributed by atoms with Gasteiger partial charge in [-0.3, -0.25) is 20.2 Å². The molecule has 4 rings (SSSR count). The molecule has 29 heavy (non-hydrogen) atoms. The summed E-state index contributed by atoms with van der Waals surface area (Å²) in [4.78, 5) is 28.6. The minimum atomic E-state index is -0.527. The number of carbonyl (C=O) groups excluding carboxylic acids is 1. The number of aromatic nitrogens is 1. The fraction of sp³-hybridized carbons (Fsp3) is 0. The second-order valence-corrected chi connectivity index (χ2v) is 7.19. The molecule has 0 unspecified atom stereocenters. The van der Waals surface area contributed by atoms with Crippen LogP contribution in [0, 0.1) is 10.1 Å². The highest BCUT2D eigenvalue weighted by Gasteiger charge is 2.18. The molecule has 0 aliphatic heterocycles. The van der Waals surface area contributed by atoms with E-state index in [9.17, 15) is 14.9 Å². The van der Waals surface area contributed by atoms with Gasteiger partial charge in [-0.1, -0.05) is 78.1 Å². The van der Waals surface area contributed by atoms with Gasteiger partial charge in [-0.05, 0) is 11.6 Å². The van der Waals surface area contributed by atoms with Crippen LogP contribution < -0.4 is 5.32 Å². The summed E-state index contributed by atoms with van der Waals surface area (Å²) in [7, 11) is 0. The Kier molecular flexibility index (Phi) is 5.13. The number of nitro groups is 1. The number of nitro benzene ring substituents is 1. The third-order valence-corrected chi connectivity index (χ3v) is 5.27. The Balaban J connectivity index is 1.70. The Bertz CT molecular complexity index is 1120. The third-order valence-electron chi connectivity index (χ3n) is 4.25. The lowest BCUT2D eigenvalue weighted by atomic mass is 10.1. The van der Waals surface area contributed by atoms with Gasteiger partial charge in [-0.15, -0.1) is 0 Å². The summed E-state index contributed by atoms with van der Waals surface area (Å²) in [5, 5.41) is 14.2. The van der Waals surface area contributed by atoms with Crippen molar-refractivity contribution in [2.24, 2.45) is 0 Å². The molecule has 142 valence electrons. The van der Waals surface area contributed by atoms with Crippen molar-refractivity contribution < 1.29 is 9.72 Å². The molecule has 0 spiro atoms. The maximum absolute atomic E-state index is 12.6. The Labute approximate surface area is 170 Å². The number of hydrogen-bond acceptors (Lipinski definition) is 5. The zero-order valence-corrected chi connectivity index (χ0v) is 15.9. The number of amides is 1. The summed E-state index contributed by atoms with van der Waals surface area (Å²) >= 11 is 1.36. The van der Waals surface area contributed by atoms with Crippen LogP contribution in [0.2, 0.25) is 0 Å². The molecule has 1 amide bonds. The number of thiazole rings is 1. The Morgan fingerprint density at radius 3 is 2.21 bits per heavy atom. The molecule has 0 aliphatic rings. The van der Waals surface area contributed by atoms with Crippen LogP contribution in [0.3, 0.4) is 0 Å². The first kappa shape index (κ1) is 18.5. The standard InChI is InChI=1S/C22H15N3O3S/c26-21(17-12-7-13-18(14-17)25(27)28)24-22-23-19(15-8-3-1-4-9-15)20(29-22)16-10-5-2-6-11-16/h1-14H,(H,23,24,26). The van der Waals surface area contributed by atoms with Crippen molar-refractivity contribution in [3.05, 3.63) is 101 Å². The summed E-state index contributed by atoms with van der Waals surface area (Å²) in [5.41, 5.74) is 2.79. The average Bonchev–Trinajstić information content (AvgIpc) is 3.19. The van der Waals surface area contributed by atoms with Gasteiger partial charge in [-0.2, -0.15) is 0 Å². The SMILES string of the molecule is O=C(Nc1nc(-c2ccccc2)c(-c2ccccc2)s1)c1cccc([N+](=O)[O-])c1. The van der Waals surface area contributed by atoms with Crippen LogP contribution in [-0.4, -0.2) is 15.8 Å². The minimum Gasteiger partial charge on any atom is -0.298 e. The molecule has 4 aromatic rings. The van der Waals surface area contributed by atoms with Gasteiger partial charge < -0.3 is 0 Å². The number of nitrogens with zero attached hydrogens (tertiary/aromatic N) is 2. The van der Waals surface area contributed by atoms with E-state index in [1.807, 2.05) is 60.7 Å². The highest BCUT2D eigenvalue weighted by molar-refractivity contribution is 7.19. The zero-order valence-electron chi connectivity index (χ0n) is 15.1. The first-order valence-corrected chi connectivity index (χ1v) is 9.61. The van der Waals surface area contributed by atoms with Gasteiger partial charge in [0.05, 0.1) is 15.5 Å². The normalized spacial score (nSPS) is 10.5. The molecule has 1 N–H and O–H groups in total. The summed E-state index contributed by atoms with van der Waals surface area (Å²) in [6.45, 7) is 0. The molecule has 0 saturated carbocycles. The van der Waals surface area contributed by atoms with Gasteiger partial charge in [0, 0.05) is 23.3 Å². The zero-order chi connectivity index (χ0) is 20.2. The smallest absolute Gasteiger partial charge is 0.270 e. The first-order chi connectivity index (χ1) is 14.1. The maximum atomic E-state index is 12.6. The Morgan fingerprint density at radius 2 is 1.55 bits per heavy atom. The van der Waals surface area contributed by atoms with Crippen molar-refractivity contribution in [2.45, 2.75) is 0 Å². The molecule has 0 aliphatic carbocycles. The number of non-ortho nitro benzene ring substituents is 1. The number of rotatable bonds is 5. The fourth-order valence-corrected chi connectivity index (χ4v) is 3.87. The second-order valence-electron chi connectivity index (χ2n) is 6.19. The molecule has 1 heterocycles. The van der Waals surface area contributed by atoms with E-state index in [1.165, 1.54) is 35.6 Å². The lowest BCUT2D eigenvalue weighted by molar-refractivity contribution is -0.384. The van der Waals surface area contributed by atoms with Crippen molar-refractivity contribution in [2.75, 3.05) is 5.32 Å². The van der Waals surface area contributed by atoms with Crippen molar-refractivity contribution in [3.8, 4) is 21.7 Å². The highest BCUT2D eigenvalue weighted by atomic mass is 32.1. The van der Waals surface area contributed by atoms with E-state index in [1.54, 1.807) is 0 Å². The van der Waals surface area contributed by atoms with Gasteiger partial charge in [-0.25, -0.2) is 4.98 Å². The quantitative estimate of drug-likeness (QED) is 0.346. The molecular weight excluding hydrogens is 386 g/mol. The van der Waals surface area contributed by atoms with E-state index in [0.717, 1.165) is 21.7 Å². The van der Waals surface area contributed by atoms with Gasteiger partial charge in [0.25, 0.3) is 11.6 Å². The van der Waals surface area contributed by atoms with Crippen molar-refractivity contribution in [3.63, 3.8) is 0 Å². The van der Waals surface area contributed by atoms with Crippen LogP contribution in [0.15, 0.2) is 84.9 Å². The van der Waals surface area contributed by atoms with E-state index in [-0.39, 0.29) is 11.3 Å². The van der Waals surface area contributed by atoms with Crippen LogP contribution in [-0.2, 0) is 0 Å². The second kappa shape index (κ2) is 8.04. The van der Waals surface area contributed by atoms with Crippen LogP contribution in [0.25, 0.3) is 21.7 Å². The molecule has 1 aromatic heterocycles. The lowest BCUT2D eigenvalue weighted by Crippen LogP contribution is -2.11. The van der Waals surface area contributed by atoms with Crippen LogP contribution in [0.4, 0.5) is 10.8 Å². The minimum absolute atomic E-state index is 0.133. The van der Waals surface area contributed by atoms with Gasteiger partial charge >= 0.3 is 0 Å². The maximum Gasteiger partial charge on any atom is 0.270 e.